The van der Waals surface area contributed by atoms with E-state index in [1.807, 2.05) is 44.4 Å². The summed E-state index contributed by atoms with van der Waals surface area (Å²) in [7, 11) is 15.0. The minimum Gasteiger partial charge on any atom is -0.501 e. The van der Waals surface area contributed by atoms with Gasteiger partial charge in [-0.25, -0.2) is 0 Å². The number of benzene rings is 2. The molecule has 2 aromatic carbocycles. The normalized spacial score (nSPS) is 17.4. The molecule has 6 heteroatoms. The average molecular weight is 593 g/mol. The molecule has 2 aromatic rings. The first-order valence-electron chi connectivity index (χ1n) is 14.9. The van der Waals surface area contributed by atoms with Crippen molar-refractivity contribution in [1.82, 2.24) is 4.90 Å². The molecule has 2 aliphatic carbocycles. The lowest BCUT2D eigenvalue weighted by Crippen LogP contribution is -2.27. The first kappa shape index (κ1) is 32.4. The van der Waals surface area contributed by atoms with Gasteiger partial charge in [-0.1, -0.05) is 23.7 Å². The van der Waals surface area contributed by atoms with Crippen molar-refractivity contribution in [3.05, 3.63) is 100.0 Å². The third-order valence-electron chi connectivity index (χ3n) is 8.03. The van der Waals surface area contributed by atoms with Gasteiger partial charge in [0.1, 0.15) is 17.3 Å². The maximum atomic E-state index is 5.94. The van der Waals surface area contributed by atoms with Gasteiger partial charge in [0.15, 0.2) is 0 Å². The molecule has 0 saturated heterocycles. The highest BCUT2D eigenvalue weighted by Gasteiger charge is 2.29. The zero-order valence-corrected chi connectivity index (χ0v) is 27.3. The second-order valence-electron chi connectivity index (χ2n) is 11.3. The fraction of sp³-hybridized carbons (Fsp3) is 0.368. The van der Waals surface area contributed by atoms with Gasteiger partial charge in [0.25, 0.3) is 0 Å². The van der Waals surface area contributed by atoms with Crippen molar-refractivity contribution in [2.45, 2.75) is 31.8 Å². The lowest BCUT2D eigenvalue weighted by atomic mass is 9.86. The summed E-state index contributed by atoms with van der Waals surface area (Å²) in [5.74, 6) is 15.6. The highest BCUT2D eigenvalue weighted by atomic mass is 16.5. The predicted octanol–water partition coefficient (Wildman–Crippen LogP) is 6.37. The molecule has 230 valence electrons. The minimum atomic E-state index is -0.166. The van der Waals surface area contributed by atoms with Crippen molar-refractivity contribution < 1.29 is 18.9 Å². The Labute approximate surface area is 263 Å². The summed E-state index contributed by atoms with van der Waals surface area (Å²) < 4.78 is 23.5. The number of anilines is 1. The highest BCUT2D eigenvalue weighted by Crippen LogP contribution is 2.36. The molecular formula is C38H44N2O4. The van der Waals surface area contributed by atoms with Gasteiger partial charge in [-0.3, -0.25) is 0 Å². The summed E-state index contributed by atoms with van der Waals surface area (Å²) in [6.45, 7) is 0. The third-order valence-corrected chi connectivity index (χ3v) is 8.03. The fourth-order valence-corrected chi connectivity index (χ4v) is 5.44. The van der Waals surface area contributed by atoms with Gasteiger partial charge in [-0.15, -0.1) is 0 Å². The first-order chi connectivity index (χ1) is 21.3. The molecule has 0 amide bonds. The van der Waals surface area contributed by atoms with E-state index in [2.05, 4.69) is 77.9 Å². The van der Waals surface area contributed by atoms with Crippen molar-refractivity contribution in [3.8, 4) is 35.2 Å². The number of allylic oxidation sites excluding steroid dienone is 6. The fourth-order valence-electron chi connectivity index (χ4n) is 5.44. The molecule has 6 nitrogen and oxygen atoms in total. The van der Waals surface area contributed by atoms with Crippen molar-refractivity contribution in [3.63, 3.8) is 0 Å². The van der Waals surface area contributed by atoms with Crippen molar-refractivity contribution in [2.75, 3.05) is 61.5 Å². The van der Waals surface area contributed by atoms with E-state index in [4.69, 9.17) is 18.9 Å². The summed E-state index contributed by atoms with van der Waals surface area (Å²) in [6.07, 6.45) is 11.7. The Hall–Kier alpha value is -4.52. The van der Waals surface area contributed by atoms with Crippen molar-refractivity contribution in [2.24, 2.45) is 5.92 Å². The van der Waals surface area contributed by atoms with E-state index in [0.717, 1.165) is 70.0 Å². The second kappa shape index (κ2) is 15.3. The van der Waals surface area contributed by atoms with Crippen LogP contribution in [0.2, 0.25) is 0 Å². The van der Waals surface area contributed by atoms with E-state index >= 15 is 0 Å². The Bertz CT molecular complexity index is 1550. The van der Waals surface area contributed by atoms with Crippen LogP contribution in [0.4, 0.5) is 5.69 Å². The Morgan fingerprint density at radius 2 is 1.43 bits per heavy atom. The number of rotatable bonds is 9. The Kier molecular flexibility index (Phi) is 11.2. The quantitative estimate of drug-likeness (QED) is 0.315. The molecule has 0 aliphatic heterocycles. The smallest absolute Gasteiger partial charge is 0.126 e. The van der Waals surface area contributed by atoms with Crippen molar-refractivity contribution >= 4 is 5.69 Å². The van der Waals surface area contributed by atoms with E-state index in [9.17, 15) is 0 Å². The Morgan fingerprint density at radius 3 is 1.98 bits per heavy atom. The predicted molar refractivity (Wildman–Crippen MR) is 179 cm³/mol. The zero-order valence-electron chi connectivity index (χ0n) is 27.3. The average Bonchev–Trinajstić information content (AvgIpc) is 3.05. The van der Waals surface area contributed by atoms with Crippen LogP contribution in [0.1, 0.15) is 36.0 Å². The SMILES string of the molecule is COC1=CC(C#CC2=CC=C(N(C)C)CC2)=CC(OC)C1CCc1c(OC)cc(C#Cc2ccc(N(C)C)cc2)cc1OC. The zero-order chi connectivity index (χ0) is 31.6. The van der Waals surface area contributed by atoms with Gasteiger partial charge in [-0.2, -0.15) is 0 Å². The van der Waals surface area contributed by atoms with Gasteiger partial charge in [0.05, 0.1) is 27.4 Å². The van der Waals surface area contributed by atoms with Gasteiger partial charge < -0.3 is 28.7 Å². The van der Waals surface area contributed by atoms with Crippen molar-refractivity contribution in [1.29, 1.82) is 0 Å². The molecule has 0 fully saturated rings. The minimum absolute atomic E-state index is 0.0223. The summed E-state index contributed by atoms with van der Waals surface area (Å²) in [5, 5.41) is 0. The molecule has 4 rings (SSSR count). The number of hydrogen-bond donors (Lipinski definition) is 0. The van der Waals surface area contributed by atoms with Crippen LogP contribution in [0, 0.1) is 29.6 Å². The van der Waals surface area contributed by atoms with Crippen LogP contribution in [0.25, 0.3) is 0 Å². The lowest BCUT2D eigenvalue weighted by Gasteiger charge is -2.29. The first-order valence-corrected chi connectivity index (χ1v) is 14.9. The van der Waals surface area contributed by atoms with Gasteiger partial charge in [-0.05, 0) is 86.4 Å². The topological polar surface area (TPSA) is 43.4 Å². The number of nitrogens with zero attached hydrogens (tertiary/aromatic N) is 2. The molecule has 0 spiro atoms. The summed E-state index contributed by atoms with van der Waals surface area (Å²) in [5.41, 5.74) is 7.26. The highest BCUT2D eigenvalue weighted by molar-refractivity contribution is 5.56. The lowest BCUT2D eigenvalue weighted by molar-refractivity contribution is 0.0703. The maximum Gasteiger partial charge on any atom is 0.126 e. The Balaban J connectivity index is 1.51. The molecule has 0 heterocycles. The second-order valence-corrected chi connectivity index (χ2v) is 11.3. The molecule has 0 radical (unpaired) electrons. The molecule has 0 saturated carbocycles. The largest absolute Gasteiger partial charge is 0.501 e. The summed E-state index contributed by atoms with van der Waals surface area (Å²) in [4.78, 5) is 4.22. The molecule has 2 unspecified atom stereocenters. The van der Waals surface area contributed by atoms with Crippen LogP contribution >= 0.6 is 0 Å². The summed E-state index contributed by atoms with van der Waals surface area (Å²) >= 11 is 0. The van der Waals surface area contributed by atoms with Crippen LogP contribution < -0.4 is 14.4 Å². The standard InChI is InChI=1S/C38H44N2O4/c1-39(2)31-17-13-27(14-18-31)9-11-29-23-35(41-5)33(36(24-29)42-6)21-22-34-37(43-7)25-30(26-38(34)44-8)12-10-28-15-19-32(20-16-28)40(3)4/h13-15,17-19,23-26,34,37H,16,20-22H2,1-8H3. The molecular weight excluding hydrogens is 548 g/mol. The van der Waals surface area contributed by atoms with E-state index < -0.39 is 0 Å². The monoisotopic (exact) mass is 592 g/mol. The van der Waals surface area contributed by atoms with Gasteiger partial charge >= 0.3 is 0 Å². The van der Waals surface area contributed by atoms with E-state index in [-0.39, 0.29) is 12.0 Å². The van der Waals surface area contributed by atoms with E-state index in [1.165, 1.54) is 5.70 Å². The van der Waals surface area contributed by atoms with Crippen LogP contribution in [-0.2, 0) is 15.9 Å². The molecule has 2 atom stereocenters. The Morgan fingerprint density at radius 1 is 0.750 bits per heavy atom. The molecule has 0 aromatic heterocycles. The maximum absolute atomic E-state index is 5.94. The van der Waals surface area contributed by atoms with Crippen LogP contribution in [0.3, 0.4) is 0 Å². The number of ether oxygens (including phenoxy) is 4. The van der Waals surface area contributed by atoms with Gasteiger partial charge in [0.2, 0.25) is 0 Å². The van der Waals surface area contributed by atoms with E-state index in [0.29, 0.717) is 6.42 Å². The summed E-state index contributed by atoms with van der Waals surface area (Å²) in [6, 6.07) is 12.1. The molecule has 0 bridgehead atoms. The van der Waals surface area contributed by atoms with Crippen LogP contribution in [0.5, 0.6) is 11.5 Å². The van der Waals surface area contributed by atoms with Crippen LogP contribution in [0.15, 0.2) is 83.3 Å². The molecule has 2 aliphatic rings. The number of hydrogen-bond acceptors (Lipinski definition) is 6. The third kappa shape index (κ3) is 8.10. The van der Waals surface area contributed by atoms with Crippen LogP contribution in [-0.4, -0.2) is 67.6 Å². The molecule has 0 N–H and O–H groups in total. The molecule has 44 heavy (non-hydrogen) atoms. The van der Waals surface area contributed by atoms with Gasteiger partial charge in [0, 0.05) is 80.4 Å². The number of methoxy groups -OCH3 is 4. The van der Waals surface area contributed by atoms with E-state index in [1.54, 1.807) is 28.4 Å².